The molecule has 13 heavy (non-hydrogen) atoms. The molecule has 0 aliphatic carbocycles. The van der Waals surface area contributed by atoms with Gasteiger partial charge in [0.25, 0.3) is 0 Å². The van der Waals surface area contributed by atoms with E-state index in [-0.39, 0.29) is 5.56 Å². The molecule has 0 radical (unpaired) electrons. The fraction of sp³-hybridized carbons (Fsp3) is 0.200. The highest BCUT2D eigenvalue weighted by Gasteiger charge is 2.07. The van der Waals surface area contributed by atoms with Crippen LogP contribution >= 0.6 is 11.8 Å². The third-order valence-corrected chi connectivity index (χ3v) is 2.45. The molecule has 0 amide bonds. The maximum absolute atomic E-state index is 13.0. The predicted octanol–water partition coefficient (Wildman–Crippen LogP) is 3.73. The van der Waals surface area contributed by atoms with Gasteiger partial charge in [-0.15, -0.1) is 11.8 Å². The largest absolute Gasteiger partial charge is 0.207 e. The van der Waals surface area contributed by atoms with Crippen molar-refractivity contribution in [2.75, 3.05) is 0 Å². The molecule has 0 aromatic heterocycles. The Kier molecular flexibility index (Phi) is 3.48. The summed E-state index contributed by atoms with van der Waals surface area (Å²) in [6, 6.07) is 3.88. The molecular weight excluding hydrogens is 190 g/mol. The van der Waals surface area contributed by atoms with Gasteiger partial charge in [0.1, 0.15) is 11.6 Å². The van der Waals surface area contributed by atoms with E-state index in [1.807, 2.05) is 6.92 Å². The van der Waals surface area contributed by atoms with E-state index in [1.165, 1.54) is 30.0 Å². The summed E-state index contributed by atoms with van der Waals surface area (Å²) < 4.78 is 26.0. The third kappa shape index (κ3) is 2.84. The fourth-order valence-electron chi connectivity index (χ4n) is 0.866. The van der Waals surface area contributed by atoms with Gasteiger partial charge in [0.2, 0.25) is 0 Å². The molecule has 0 bridgehead atoms. The molecule has 0 N–H and O–H groups in total. The molecule has 0 unspecified atom stereocenters. The predicted molar refractivity (Wildman–Crippen MR) is 52.5 cm³/mol. The van der Waals surface area contributed by atoms with Crippen LogP contribution in [0.1, 0.15) is 12.5 Å². The van der Waals surface area contributed by atoms with Crippen molar-refractivity contribution in [1.82, 2.24) is 0 Å². The smallest absolute Gasteiger partial charge is 0.130 e. The average molecular weight is 200 g/mol. The van der Waals surface area contributed by atoms with E-state index < -0.39 is 11.6 Å². The van der Waals surface area contributed by atoms with Crippen LogP contribution in [-0.2, 0) is 5.75 Å². The summed E-state index contributed by atoms with van der Waals surface area (Å²) in [5.74, 6) is -0.684. The molecule has 3 heteroatoms. The Bertz CT molecular complexity index is 300. The number of thioether (sulfide) groups is 1. The van der Waals surface area contributed by atoms with E-state index >= 15 is 0 Å². The Morgan fingerprint density at radius 3 is 2.38 bits per heavy atom. The van der Waals surface area contributed by atoms with Gasteiger partial charge in [0.05, 0.1) is 0 Å². The second kappa shape index (κ2) is 4.42. The van der Waals surface area contributed by atoms with Crippen molar-refractivity contribution in [1.29, 1.82) is 0 Å². The molecule has 1 aromatic rings. The van der Waals surface area contributed by atoms with Gasteiger partial charge in [-0.3, -0.25) is 0 Å². The molecule has 0 saturated heterocycles. The minimum absolute atomic E-state index is 0.121. The average Bonchev–Trinajstić information content (AvgIpc) is 2.03. The van der Waals surface area contributed by atoms with Gasteiger partial charge in [-0.2, -0.15) is 0 Å². The van der Waals surface area contributed by atoms with E-state index in [0.717, 1.165) is 4.91 Å². The molecule has 0 fully saturated rings. The van der Waals surface area contributed by atoms with Crippen LogP contribution in [0.3, 0.4) is 0 Å². The molecule has 1 rings (SSSR count). The van der Waals surface area contributed by atoms with E-state index in [4.69, 9.17) is 0 Å². The Labute approximate surface area is 80.7 Å². The van der Waals surface area contributed by atoms with Crippen LogP contribution in [0.4, 0.5) is 8.78 Å². The van der Waals surface area contributed by atoms with Crippen molar-refractivity contribution in [3.8, 4) is 0 Å². The van der Waals surface area contributed by atoms with Gasteiger partial charge < -0.3 is 0 Å². The van der Waals surface area contributed by atoms with Crippen LogP contribution in [0.15, 0.2) is 29.7 Å². The van der Waals surface area contributed by atoms with Crippen molar-refractivity contribution < 1.29 is 8.78 Å². The zero-order chi connectivity index (χ0) is 9.84. The third-order valence-electron chi connectivity index (χ3n) is 1.52. The summed E-state index contributed by atoms with van der Waals surface area (Å²) in [5, 5.41) is 0. The quantitative estimate of drug-likeness (QED) is 0.716. The first-order chi connectivity index (χ1) is 6.11. The van der Waals surface area contributed by atoms with Gasteiger partial charge in [0, 0.05) is 11.3 Å². The zero-order valence-corrected chi connectivity index (χ0v) is 8.13. The summed E-state index contributed by atoms with van der Waals surface area (Å²) in [7, 11) is 0. The first kappa shape index (κ1) is 10.3. The van der Waals surface area contributed by atoms with E-state index in [9.17, 15) is 8.78 Å². The molecule has 0 aliphatic heterocycles. The van der Waals surface area contributed by atoms with Crippen LogP contribution in [0.5, 0.6) is 0 Å². The molecule has 0 nitrogen and oxygen atoms in total. The fourth-order valence-corrected chi connectivity index (χ4v) is 1.53. The number of rotatable bonds is 3. The number of hydrogen-bond acceptors (Lipinski definition) is 1. The maximum Gasteiger partial charge on any atom is 0.130 e. The molecule has 0 saturated carbocycles. The molecular formula is C10H10F2S. The first-order valence-electron chi connectivity index (χ1n) is 3.82. The van der Waals surface area contributed by atoms with Gasteiger partial charge >= 0.3 is 0 Å². The number of hydrogen-bond donors (Lipinski definition) is 0. The summed E-state index contributed by atoms with van der Waals surface area (Å²) in [6.07, 6.45) is 0. The van der Waals surface area contributed by atoms with E-state index in [1.54, 1.807) is 0 Å². The second-order valence-corrected chi connectivity index (χ2v) is 3.97. The Morgan fingerprint density at radius 1 is 1.38 bits per heavy atom. The van der Waals surface area contributed by atoms with E-state index in [0.29, 0.717) is 5.75 Å². The SMILES string of the molecule is C=C(C)SCc1c(F)cccc1F. The van der Waals surface area contributed by atoms with Crippen LogP contribution < -0.4 is 0 Å². The monoisotopic (exact) mass is 200 g/mol. The first-order valence-corrected chi connectivity index (χ1v) is 4.81. The summed E-state index contributed by atoms with van der Waals surface area (Å²) in [5.41, 5.74) is 0.121. The topological polar surface area (TPSA) is 0 Å². The van der Waals surface area contributed by atoms with Crippen molar-refractivity contribution >= 4 is 11.8 Å². The molecule has 70 valence electrons. The Balaban J connectivity index is 2.81. The minimum atomic E-state index is -0.492. The Morgan fingerprint density at radius 2 is 1.92 bits per heavy atom. The van der Waals surface area contributed by atoms with Crippen LogP contribution in [0.2, 0.25) is 0 Å². The lowest BCUT2D eigenvalue weighted by Crippen LogP contribution is -1.92. The number of benzene rings is 1. The van der Waals surface area contributed by atoms with Crippen molar-refractivity contribution in [2.45, 2.75) is 12.7 Å². The summed E-state index contributed by atoms with van der Waals surface area (Å²) >= 11 is 1.34. The zero-order valence-electron chi connectivity index (χ0n) is 7.31. The van der Waals surface area contributed by atoms with Gasteiger partial charge in [0.15, 0.2) is 0 Å². The summed E-state index contributed by atoms with van der Waals surface area (Å²) in [4.78, 5) is 0.850. The molecule has 0 heterocycles. The molecule has 0 atom stereocenters. The molecule has 0 aliphatic rings. The minimum Gasteiger partial charge on any atom is -0.207 e. The van der Waals surface area contributed by atoms with Gasteiger partial charge in [-0.25, -0.2) is 8.78 Å². The van der Waals surface area contributed by atoms with Crippen LogP contribution in [-0.4, -0.2) is 0 Å². The standard InChI is InChI=1S/C10H10F2S/c1-7(2)13-6-8-9(11)4-3-5-10(8)12/h3-5H,1,6H2,2H3. The van der Waals surface area contributed by atoms with Crippen molar-refractivity contribution in [2.24, 2.45) is 0 Å². The maximum atomic E-state index is 13.0. The number of halogens is 2. The highest BCUT2D eigenvalue weighted by atomic mass is 32.2. The normalized spacial score (nSPS) is 10.1. The lowest BCUT2D eigenvalue weighted by molar-refractivity contribution is 0.566. The van der Waals surface area contributed by atoms with Crippen LogP contribution in [0, 0.1) is 11.6 Å². The lowest BCUT2D eigenvalue weighted by Gasteiger charge is -2.03. The molecule has 1 aromatic carbocycles. The van der Waals surface area contributed by atoms with Crippen molar-refractivity contribution in [3.63, 3.8) is 0 Å². The van der Waals surface area contributed by atoms with Gasteiger partial charge in [-0.05, 0) is 24.0 Å². The highest BCUT2D eigenvalue weighted by Crippen LogP contribution is 2.22. The number of allylic oxidation sites excluding steroid dienone is 1. The van der Waals surface area contributed by atoms with E-state index in [2.05, 4.69) is 6.58 Å². The van der Waals surface area contributed by atoms with Crippen molar-refractivity contribution in [3.05, 3.63) is 46.9 Å². The lowest BCUT2D eigenvalue weighted by atomic mass is 10.2. The van der Waals surface area contributed by atoms with Crippen LogP contribution in [0.25, 0.3) is 0 Å². The van der Waals surface area contributed by atoms with Gasteiger partial charge in [-0.1, -0.05) is 12.6 Å². The second-order valence-electron chi connectivity index (χ2n) is 2.69. The highest BCUT2D eigenvalue weighted by molar-refractivity contribution is 8.02. The molecule has 0 spiro atoms. The Hall–Kier alpha value is -0.830. The summed E-state index contributed by atoms with van der Waals surface area (Å²) in [6.45, 7) is 5.46.